The molecule has 0 aliphatic heterocycles. The number of aliphatic hydroxyl groups excluding tert-OH is 1. The molecule has 6 rings (SSSR count). The van der Waals surface area contributed by atoms with E-state index in [4.69, 9.17) is 4.74 Å². The van der Waals surface area contributed by atoms with Crippen molar-refractivity contribution in [1.29, 1.82) is 0 Å². The molecular formula is C37H56ClNO3. The normalized spacial score (nSPS) is 45.3. The summed E-state index contributed by atoms with van der Waals surface area (Å²) in [6.07, 6.45) is 15.9. The van der Waals surface area contributed by atoms with E-state index in [0.29, 0.717) is 47.0 Å². The van der Waals surface area contributed by atoms with E-state index < -0.39 is 0 Å². The van der Waals surface area contributed by atoms with Gasteiger partial charge in [0.25, 0.3) is 0 Å². The maximum Gasteiger partial charge on any atom is 0.372 e. The minimum atomic E-state index is -0.116. The van der Waals surface area contributed by atoms with Gasteiger partial charge in [-0.25, -0.2) is 4.79 Å². The summed E-state index contributed by atoms with van der Waals surface area (Å²) in [5.41, 5.74) is 2.27. The lowest BCUT2D eigenvalue weighted by Gasteiger charge is -2.73. The molecule has 0 bridgehead atoms. The second-order valence-corrected chi connectivity index (χ2v) is 16.6. The number of halogens is 1. The maximum absolute atomic E-state index is 13.0. The van der Waals surface area contributed by atoms with Crippen molar-refractivity contribution in [2.24, 2.45) is 56.7 Å². The third kappa shape index (κ3) is 4.46. The van der Waals surface area contributed by atoms with Crippen molar-refractivity contribution in [2.75, 3.05) is 6.61 Å². The van der Waals surface area contributed by atoms with Gasteiger partial charge in [0.2, 0.25) is 6.54 Å². The lowest BCUT2D eigenvalue weighted by Crippen LogP contribution is -3.00. The molecule has 0 spiro atoms. The van der Waals surface area contributed by atoms with Crippen LogP contribution in [0.25, 0.3) is 0 Å². The zero-order valence-electron chi connectivity index (χ0n) is 27.1. The SMILES string of the molecule is C=C(C)[C@@H]1CC[C@]2(CO)CC[C@]3(C)C(CCC4[C@@]5(C)CC[C@H](OC(=O)C[n+]6ccccc6)C(C)(C)C5CC[C@]43C)C12.[Cl-]. The quantitative estimate of drug-likeness (QED) is 0.308. The molecule has 234 valence electrons. The van der Waals surface area contributed by atoms with Gasteiger partial charge in [-0.1, -0.05) is 52.8 Å². The Morgan fingerprint density at radius 3 is 2.26 bits per heavy atom. The maximum atomic E-state index is 13.0. The average molecular weight is 598 g/mol. The highest BCUT2D eigenvalue weighted by molar-refractivity contribution is 5.68. The van der Waals surface area contributed by atoms with Crippen molar-refractivity contribution in [3.63, 3.8) is 0 Å². The van der Waals surface area contributed by atoms with Crippen LogP contribution in [0.2, 0.25) is 0 Å². The summed E-state index contributed by atoms with van der Waals surface area (Å²) < 4.78 is 8.19. The summed E-state index contributed by atoms with van der Waals surface area (Å²) in [6.45, 7) is 20.1. The summed E-state index contributed by atoms with van der Waals surface area (Å²) in [4.78, 5) is 13.0. The first kappa shape index (κ1) is 32.0. The van der Waals surface area contributed by atoms with Crippen LogP contribution in [0.5, 0.6) is 0 Å². The van der Waals surface area contributed by atoms with Crippen LogP contribution in [0.15, 0.2) is 42.7 Å². The van der Waals surface area contributed by atoms with Gasteiger partial charge in [0.15, 0.2) is 12.4 Å². The number of aromatic nitrogens is 1. The lowest BCUT2D eigenvalue weighted by molar-refractivity contribution is -0.686. The van der Waals surface area contributed by atoms with E-state index in [1.54, 1.807) is 0 Å². The fraction of sp³-hybridized carbons (Fsp3) is 0.784. The van der Waals surface area contributed by atoms with Crippen LogP contribution in [0.3, 0.4) is 0 Å². The van der Waals surface area contributed by atoms with Crippen molar-refractivity contribution in [3.8, 4) is 0 Å². The molecule has 0 amide bonds. The van der Waals surface area contributed by atoms with Crippen LogP contribution in [0.4, 0.5) is 0 Å². The van der Waals surface area contributed by atoms with Gasteiger partial charge < -0.3 is 22.3 Å². The molecule has 1 aromatic rings. The smallest absolute Gasteiger partial charge is 0.372 e. The van der Waals surface area contributed by atoms with Gasteiger partial charge in [-0.2, -0.15) is 4.57 Å². The van der Waals surface area contributed by atoms with Crippen LogP contribution < -0.4 is 17.0 Å². The van der Waals surface area contributed by atoms with E-state index >= 15 is 0 Å². The Morgan fingerprint density at radius 1 is 0.881 bits per heavy atom. The number of allylic oxidation sites excluding steroid dienone is 1. The second kappa shape index (κ2) is 10.9. The third-order valence-corrected chi connectivity index (χ3v) is 14.9. The Kier molecular flexibility index (Phi) is 8.31. The van der Waals surface area contributed by atoms with E-state index in [0.717, 1.165) is 12.8 Å². The summed E-state index contributed by atoms with van der Waals surface area (Å²) in [5.74, 6) is 2.96. The Balaban J connectivity index is 0.00000353. The fourth-order valence-corrected chi connectivity index (χ4v) is 12.6. The van der Waals surface area contributed by atoms with Crippen LogP contribution in [-0.4, -0.2) is 23.8 Å². The van der Waals surface area contributed by atoms with Crippen molar-refractivity contribution in [3.05, 3.63) is 42.7 Å². The molecule has 0 saturated heterocycles. The topological polar surface area (TPSA) is 50.4 Å². The number of hydrogen-bond acceptors (Lipinski definition) is 3. The predicted molar refractivity (Wildman–Crippen MR) is 163 cm³/mol. The number of aliphatic hydroxyl groups is 1. The highest BCUT2D eigenvalue weighted by atomic mass is 35.5. The number of pyridine rings is 1. The van der Waals surface area contributed by atoms with Crippen LogP contribution in [0, 0.1) is 56.7 Å². The van der Waals surface area contributed by atoms with Crippen molar-refractivity contribution in [2.45, 2.75) is 118 Å². The molecule has 1 aromatic heterocycles. The predicted octanol–water partition coefficient (Wildman–Crippen LogP) is 4.54. The summed E-state index contributed by atoms with van der Waals surface area (Å²) in [7, 11) is 0. The molecule has 10 atom stereocenters. The molecule has 5 saturated carbocycles. The molecule has 4 nitrogen and oxygen atoms in total. The number of esters is 1. The Labute approximate surface area is 261 Å². The van der Waals surface area contributed by atoms with Gasteiger partial charge in [0, 0.05) is 24.2 Å². The fourth-order valence-electron chi connectivity index (χ4n) is 12.6. The van der Waals surface area contributed by atoms with E-state index in [9.17, 15) is 9.90 Å². The van der Waals surface area contributed by atoms with Gasteiger partial charge >= 0.3 is 5.97 Å². The van der Waals surface area contributed by atoms with E-state index in [-0.39, 0.29) is 47.3 Å². The van der Waals surface area contributed by atoms with Gasteiger partial charge in [-0.3, -0.25) is 0 Å². The number of carbonyl (C=O) groups is 1. The molecule has 5 fully saturated rings. The third-order valence-electron chi connectivity index (χ3n) is 14.9. The molecular weight excluding hydrogens is 542 g/mol. The Bertz CT molecular complexity index is 1180. The van der Waals surface area contributed by atoms with Crippen molar-refractivity contribution >= 4 is 5.97 Å². The highest BCUT2D eigenvalue weighted by Gasteiger charge is 2.71. The molecule has 1 heterocycles. The van der Waals surface area contributed by atoms with E-state index in [1.807, 2.05) is 35.2 Å². The first-order valence-corrected chi connectivity index (χ1v) is 16.7. The molecule has 1 N–H and O–H groups in total. The van der Waals surface area contributed by atoms with Crippen molar-refractivity contribution < 1.29 is 31.6 Å². The zero-order valence-corrected chi connectivity index (χ0v) is 27.9. The van der Waals surface area contributed by atoms with Gasteiger partial charge in [0.1, 0.15) is 6.10 Å². The van der Waals surface area contributed by atoms with Gasteiger partial charge in [0.05, 0.1) is 0 Å². The minimum Gasteiger partial charge on any atom is -1.00 e. The first-order chi connectivity index (χ1) is 19.3. The first-order valence-electron chi connectivity index (χ1n) is 16.7. The number of rotatable bonds is 5. The van der Waals surface area contributed by atoms with Crippen LogP contribution >= 0.6 is 0 Å². The number of ether oxygens (including phenoxy) is 1. The largest absolute Gasteiger partial charge is 1.00 e. The number of hydrogen-bond donors (Lipinski definition) is 1. The number of carbonyl (C=O) groups excluding carboxylic acids is 1. The van der Waals surface area contributed by atoms with Gasteiger partial charge in [-0.05, 0) is 122 Å². The molecule has 0 aromatic carbocycles. The molecule has 5 aliphatic carbocycles. The molecule has 5 heteroatoms. The highest BCUT2D eigenvalue weighted by Crippen LogP contribution is 2.77. The molecule has 4 unspecified atom stereocenters. The Morgan fingerprint density at radius 2 is 1.60 bits per heavy atom. The number of nitrogens with zero attached hydrogens (tertiary/aromatic N) is 1. The molecule has 0 radical (unpaired) electrons. The van der Waals surface area contributed by atoms with Gasteiger partial charge in [-0.15, -0.1) is 0 Å². The summed E-state index contributed by atoms with van der Waals surface area (Å²) in [5, 5.41) is 10.8. The second-order valence-electron chi connectivity index (χ2n) is 16.6. The van der Waals surface area contributed by atoms with E-state index in [1.165, 1.54) is 56.9 Å². The Hall–Kier alpha value is -1.39. The zero-order chi connectivity index (χ0) is 29.4. The average Bonchev–Trinajstić information content (AvgIpc) is 3.32. The minimum absolute atomic E-state index is 0. The summed E-state index contributed by atoms with van der Waals surface area (Å²) >= 11 is 0. The monoisotopic (exact) mass is 597 g/mol. The van der Waals surface area contributed by atoms with E-state index in [2.05, 4.69) is 48.1 Å². The van der Waals surface area contributed by atoms with Crippen LogP contribution in [0.1, 0.15) is 106 Å². The van der Waals surface area contributed by atoms with Crippen LogP contribution in [-0.2, 0) is 16.1 Å². The molecule has 5 aliphatic rings. The molecule has 42 heavy (non-hydrogen) atoms. The number of fused-ring (bicyclic) bond motifs is 7. The van der Waals surface area contributed by atoms with Crippen molar-refractivity contribution in [1.82, 2.24) is 0 Å². The standard InChI is InChI=1S/C37H56NO3.ClH/c1-25(2)26-13-18-37(24-39)20-19-35(6)27(32(26)37)11-12-29-34(5)16-15-30(33(3,4)28(34)14-17-36(29,35)7)41-31(40)23-38-21-9-8-10-22-38;/h8-10,21-22,26-30,32,39H,1,11-20,23-24H2,2-7H3;1H/q+1;/p-1/t26-,27?,28?,29?,30-,32?,34-,35+,36+,37+;/m0./s1. The summed E-state index contributed by atoms with van der Waals surface area (Å²) in [6, 6.07) is 5.89. The lowest BCUT2D eigenvalue weighted by atomic mass is 9.32.